The van der Waals surface area contributed by atoms with Crippen molar-refractivity contribution in [3.63, 3.8) is 0 Å². The average molecular weight is 373 g/mol. The minimum Gasteiger partial charge on any atom is -0.349 e. The van der Waals surface area contributed by atoms with Crippen LogP contribution < -0.4 is 5.32 Å². The molecule has 3 aromatic rings. The fraction of sp³-hybridized carbons (Fsp3) is 0.200. The summed E-state index contributed by atoms with van der Waals surface area (Å²) in [6.07, 6.45) is -0.965. The topological polar surface area (TPSA) is 46.9 Å². The summed E-state index contributed by atoms with van der Waals surface area (Å²) in [6, 6.07) is 13.9. The van der Waals surface area contributed by atoms with E-state index in [0.717, 1.165) is 17.8 Å². The molecule has 0 bridgehead atoms. The predicted octanol–water partition coefficient (Wildman–Crippen LogP) is 4.31. The maximum absolute atomic E-state index is 12.8. The number of nitrogens with zero attached hydrogens (tertiary/aromatic N) is 2. The second kappa shape index (κ2) is 7.65. The molecule has 0 radical (unpaired) electrons. The van der Waals surface area contributed by atoms with Gasteiger partial charge in [-0.2, -0.15) is 18.3 Å². The zero-order chi connectivity index (χ0) is 19.4. The molecule has 1 unspecified atom stereocenters. The Labute approximate surface area is 154 Å². The molecule has 1 amide bonds. The zero-order valence-corrected chi connectivity index (χ0v) is 14.6. The maximum atomic E-state index is 12.8. The second-order valence-corrected chi connectivity index (χ2v) is 6.22. The first kappa shape index (κ1) is 18.7. The lowest BCUT2D eigenvalue weighted by Crippen LogP contribution is -2.28. The molecule has 0 saturated carbocycles. The average Bonchev–Trinajstić information content (AvgIpc) is 3.10. The molecule has 0 saturated heterocycles. The largest absolute Gasteiger partial charge is 0.416 e. The summed E-state index contributed by atoms with van der Waals surface area (Å²) in [5, 5.41) is 6.96. The molecule has 140 valence electrons. The van der Waals surface area contributed by atoms with E-state index in [1.165, 1.54) is 6.07 Å². The third-order valence-electron chi connectivity index (χ3n) is 4.11. The molecule has 1 atom stereocenters. The molecule has 1 aromatic heterocycles. The van der Waals surface area contributed by atoms with Crippen LogP contribution >= 0.6 is 0 Å². The fourth-order valence-electron chi connectivity index (χ4n) is 2.72. The van der Waals surface area contributed by atoms with Crippen LogP contribution in [0.2, 0.25) is 0 Å². The van der Waals surface area contributed by atoms with Crippen LogP contribution in [0.3, 0.4) is 0 Å². The third kappa shape index (κ3) is 4.75. The van der Waals surface area contributed by atoms with Crippen LogP contribution in [0.4, 0.5) is 13.2 Å². The van der Waals surface area contributed by atoms with Crippen molar-refractivity contribution in [3.05, 3.63) is 83.7 Å². The number of hydrogen-bond acceptors (Lipinski definition) is 2. The Morgan fingerprint density at radius 2 is 1.89 bits per heavy atom. The second-order valence-electron chi connectivity index (χ2n) is 6.22. The summed E-state index contributed by atoms with van der Waals surface area (Å²) in [5.74, 6) is -0.285. The molecule has 0 aliphatic heterocycles. The zero-order valence-electron chi connectivity index (χ0n) is 14.6. The van der Waals surface area contributed by atoms with Gasteiger partial charge < -0.3 is 5.32 Å². The van der Waals surface area contributed by atoms with Gasteiger partial charge in [-0.3, -0.25) is 4.79 Å². The Morgan fingerprint density at radius 3 is 2.59 bits per heavy atom. The fourth-order valence-corrected chi connectivity index (χ4v) is 2.72. The van der Waals surface area contributed by atoms with Gasteiger partial charge in [-0.15, -0.1) is 0 Å². The van der Waals surface area contributed by atoms with Gasteiger partial charge in [-0.05, 0) is 42.3 Å². The van der Waals surface area contributed by atoms with Crippen molar-refractivity contribution in [1.82, 2.24) is 15.1 Å². The summed E-state index contributed by atoms with van der Waals surface area (Å²) in [7, 11) is 0. The standard InChI is InChI=1S/C20H18F3N3O/c1-14(16-6-5-7-17(11-16)20(21,22)23)25-19(27)10-15-12-24-26(13-15)18-8-3-2-4-9-18/h2-9,11-14H,10H2,1H3,(H,25,27). The Kier molecular flexibility index (Phi) is 5.30. The molecule has 0 fully saturated rings. The lowest BCUT2D eigenvalue weighted by Gasteiger charge is -2.16. The molecule has 27 heavy (non-hydrogen) atoms. The van der Waals surface area contributed by atoms with Gasteiger partial charge in [0.15, 0.2) is 0 Å². The van der Waals surface area contributed by atoms with Crippen molar-refractivity contribution in [2.24, 2.45) is 0 Å². The van der Waals surface area contributed by atoms with E-state index in [1.807, 2.05) is 30.3 Å². The van der Waals surface area contributed by atoms with Crippen LogP contribution in [-0.4, -0.2) is 15.7 Å². The summed E-state index contributed by atoms with van der Waals surface area (Å²) in [6.45, 7) is 1.65. The van der Waals surface area contributed by atoms with E-state index in [-0.39, 0.29) is 12.3 Å². The van der Waals surface area contributed by atoms with Crippen molar-refractivity contribution in [2.75, 3.05) is 0 Å². The number of benzene rings is 2. The molecule has 0 spiro atoms. The lowest BCUT2D eigenvalue weighted by atomic mass is 10.0. The van der Waals surface area contributed by atoms with E-state index in [4.69, 9.17) is 0 Å². The first-order valence-electron chi connectivity index (χ1n) is 8.38. The first-order chi connectivity index (χ1) is 12.8. The van der Waals surface area contributed by atoms with Crippen LogP contribution in [0.25, 0.3) is 5.69 Å². The van der Waals surface area contributed by atoms with Gasteiger partial charge in [0.1, 0.15) is 0 Å². The van der Waals surface area contributed by atoms with Crippen molar-refractivity contribution < 1.29 is 18.0 Å². The molecule has 0 aliphatic rings. The third-order valence-corrected chi connectivity index (χ3v) is 4.11. The number of alkyl halides is 3. The van der Waals surface area contributed by atoms with E-state index in [9.17, 15) is 18.0 Å². The van der Waals surface area contributed by atoms with Gasteiger partial charge in [0.2, 0.25) is 5.91 Å². The molecule has 3 rings (SSSR count). The molecule has 1 heterocycles. The lowest BCUT2D eigenvalue weighted by molar-refractivity contribution is -0.137. The smallest absolute Gasteiger partial charge is 0.349 e. The van der Waals surface area contributed by atoms with E-state index in [0.29, 0.717) is 11.1 Å². The van der Waals surface area contributed by atoms with Gasteiger partial charge in [-0.25, -0.2) is 4.68 Å². The minimum atomic E-state index is -4.41. The normalized spacial score (nSPS) is 12.6. The number of carbonyl (C=O) groups excluding carboxylic acids is 1. The van der Waals surface area contributed by atoms with Gasteiger partial charge in [0.05, 0.1) is 29.9 Å². The summed E-state index contributed by atoms with van der Waals surface area (Å²) in [5.41, 5.74) is 1.26. The van der Waals surface area contributed by atoms with Crippen LogP contribution in [-0.2, 0) is 17.4 Å². The maximum Gasteiger partial charge on any atom is 0.416 e. The Morgan fingerprint density at radius 1 is 1.15 bits per heavy atom. The monoisotopic (exact) mass is 373 g/mol. The number of halogens is 3. The van der Waals surface area contributed by atoms with Crippen LogP contribution in [0.5, 0.6) is 0 Å². The van der Waals surface area contributed by atoms with Gasteiger partial charge in [0, 0.05) is 6.20 Å². The Balaban J connectivity index is 1.64. The molecule has 4 nitrogen and oxygen atoms in total. The molecular weight excluding hydrogens is 355 g/mol. The van der Waals surface area contributed by atoms with Crippen molar-refractivity contribution in [1.29, 1.82) is 0 Å². The summed E-state index contributed by atoms with van der Waals surface area (Å²) >= 11 is 0. The number of nitrogens with one attached hydrogen (secondary N) is 1. The van der Waals surface area contributed by atoms with Crippen LogP contribution in [0, 0.1) is 0 Å². The number of hydrogen-bond donors (Lipinski definition) is 1. The van der Waals surface area contributed by atoms with Gasteiger partial charge in [0.25, 0.3) is 0 Å². The molecule has 0 aliphatic carbocycles. The molecule has 1 N–H and O–H groups in total. The van der Waals surface area contributed by atoms with E-state index in [1.54, 1.807) is 30.1 Å². The molecule has 2 aromatic carbocycles. The number of carbonyl (C=O) groups is 1. The van der Waals surface area contributed by atoms with Crippen LogP contribution in [0.1, 0.15) is 29.7 Å². The first-order valence-corrected chi connectivity index (χ1v) is 8.38. The predicted molar refractivity (Wildman–Crippen MR) is 95.3 cm³/mol. The number of amides is 1. The SMILES string of the molecule is CC(NC(=O)Cc1cnn(-c2ccccc2)c1)c1cccc(C(F)(F)F)c1. The quantitative estimate of drug-likeness (QED) is 0.724. The number of para-hydroxylation sites is 1. The van der Waals surface area contributed by atoms with Gasteiger partial charge in [-0.1, -0.05) is 30.3 Å². The highest BCUT2D eigenvalue weighted by atomic mass is 19.4. The van der Waals surface area contributed by atoms with Gasteiger partial charge >= 0.3 is 6.18 Å². The highest BCUT2D eigenvalue weighted by Crippen LogP contribution is 2.30. The summed E-state index contributed by atoms with van der Waals surface area (Å²) < 4.78 is 40.1. The van der Waals surface area contributed by atoms with Crippen molar-refractivity contribution in [3.8, 4) is 5.69 Å². The number of aromatic nitrogens is 2. The van der Waals surface area contributed by atoms with E-state index >= 15 is 0 Å². The van der Waals surface area contributed by atoms with Crippen molar-refractivity contribution in [2.45, 2.75) is 25.6 Å². The highest BCUT2D eigenvalue weighted by Gasteiger charge is 2.30. The Hall–Kier alpha value is -3.09. The summed E-state index contributed by atoms with van der Waals surface area (Å²) in [4.78, 5) is 12.3. The van der Waals surface area contributed by atoms with E-state index in [2.05, 4.69) is 10.4 Å². The van der Waals surface area contributed by atoms with Crippen molar-refractivity contribution >= 4 is 5.91 Å². The molecular formula is C20H18F3N3O. The highest BCUT2D eigenvalue weighted by molar-refractivity contribution is 5.78. The Bertz CT molecular complexity index is 919. The minimum absolute atomic E-state index is 0.0934. The molecule has 7 heteroatoms. The number of rotatable bonds is 5. The van der Waals surface area contributed by atoms with E-state index < -0.39 is 17.8 Å². The van der Waals surface area contributed by atoms with Crippen LogP contribution in [0.15, 0.2) is 67.0 Å².